The lowest BCUT2D eigenvalue weighted by atomic mass is 9.73. The summed E-state index contributed by atoms with van der Waals surface area (Å²) in [4.78, 5) is 28.8. The summed E-state index contributed by atoms with van der Waals surface area (Å²) in [6.07, 6.45) is 5.87. The van der Waals surface area contributed by atoms with Gasteiger partial charge in [0.05, 0.1) is 11.0 Å². The van der Waals surface area contributed by atoms with E-state index in [2.05, 4.69) is 11.0 Å². The van der Waals surface area contributed by atoms with Crippen molar-refractivity contribution in [1.82, 2.24) is 4.90 Å². The molecule has 7 nitrogen and oxygen atoms in total. The monoisotopic (exact) mass is 449 g/mol. The topological polar surface area (TPSA) is 86.9 Å². The van der Waals surface area contributed by atoms with Crippen molar-refractivity contribution in [2.75, 3.05) is 24.5 Å². The number of aliphatic hydroxyl groups is 1. The van der Waals surface area contributed by atoms with Crippen molar-refractivity contribution in [1.29, 1.82) is 0 Å². The van der Waals surface area contributed by atoms with Gasteiger partial charge in [0, 0.05) is 40.9 Å². The molecule has 7 heteroatoms. The predicted octanol–water partition coefficient (Wildman–Crippen LogP) is 4.20. The number of amides is 1. The number of likely N-dealkylation sites (tertiary alicyclic amines) is 1. The maximum Gasteiger partial charge on any atom is 0.273 e. The van der Waals surface area contributed by atoms with Gasteiger partial charge in [-0.3, -0.25) is 19.8 Å². The molecule has 33 heavy (non-hydrogen) atoms. The third kappa shape index (κ3) is 3.83. The number of piperidine rings is 1. The number of nitro benzene ring substituents is 1. The van der Waals surface area contributed by atoms with Crippen LogP contribution >= 0.6 is 0 Å². The molecule has 2 aliphatic heterocycles. The summed E-state index contributed by atoms with van der Waals surface area (Å²) in [5, 5.41) is 21.9. The largest absolute Gasteiger partial charge is 0.391 e. The van der Waals surface area contributed by atoms with E-state index in [0.29, 0.717) is 17.7 Å². The number of fused-ring (bicyclic) bond motifs is 2. The Morgan fingerprint density at radius 2 is 1.85 bits per heavy atom. The molecule has 0 unspecified atom stereocenters. The van der Waals surface area contributed by atoms with E-state index in [-0.39, 0.29) is 29.2 Å². The van der Waals surface area contributed by atoms with Crippen LogP contribution in [0.4, 0.5) is 11.4 Å². The Morgan fingerprint density at radius 1 is 1.12 bits per heavy atom. The molecule has 3 aliphatic rings. The molecule has 0 aromatic heterocycles. The highest BCUT2D eigenvalue weighted by Gasteiger charge is 2.47. The predicted molar refractivity (Wildman–Crippen MR) is 127 cm³/mol. The summed E-state index contributed by atoms with van der Waals surface area (Å²) in [5.74, 6) is -0.187. The smallest absolute Gasteiger partial charge is 0.273 e. The van der Waals surface area contributed by atoms with Gasteiger partial charge in [0.2, 0.25) is 0 Å². The van der Waals surface area contributed by atoms with Crippen LogP contribution < -0.4 is 4.90 Å². The number of carbonyl (C=O) groups is 1. The van der Waals surface area contributed by atoms with Crippen molar-refractivity contribution >= 4 is 17.3 Å². The molecular weight excluding hydrogens is 418 g/mol. The number of hydrogen-bond acceptors (Lipinski definition) is 5. The summed E-state index contributed by atoms with van der Waals surface area (Å²) in [5.41, 5.74) is 2.87. The fourth-order valence-corrected chi connectivity index (χ4v) is 6.14. The molecule has 2 heterocycles. The van der Waals surface area contributed by atoms with Gasteiger partial charge in [0.15, 0.2) is 0 Å². The zero-order valence-electron chi connectivity index (χ0n) is 19.1. The maximum absolute atomic E-state index is 13.5. The number of rotatable bonds is 3. The van der Waals surface area contributed by atoms with Gasteiger partial charge in [-0.25, -0.2) is 0 Å². The Bertz CT molecular complexity index is 1080. The summed E-state index contributed by atoms with van der Waals surface area (Å²) in [6, 6.07) is 13.1. The first-order chi connectivity index (χ1) is 15.9. The van der Waals surface area contributed by atoms with Gasteiger partial charge in [0.25, 0.3) is 11.6 Å². The van der Waals surface area contributed by atoms with Crippen molar-refractivity contribution in [2.45, 2.75) is 63.0 Å². The molecule has 1 spiro atoms. The second-order valence-electron chi connectivity index (χ2n) is 9.90. The molecule has 1 saturated heterocycles. The first-order valence-electron chi connectivity index (χ1n) is 12.0. The van der Waals surface area contributed by atoms with Crippen molar-refractivity contribution in [3.63, 3.8) is 0 Å². The second kappa shape index (κ2) is 8.54. The van der Waals surface area contributed by atoms with Crippen LogP contribution in [0.2, 0.25) is 0 Å². The Labute approximate surface area is 194 Å². The highest BCUT2D eigenvalue weighted by molar-refractivity contribution is 6.08. The van der Waals surface area contributed by atoms with Gasteiger partial charge >= 0.3 is 0 Å². The van der Waals surface area contributed by atoms with E-state index in [1.165, 1.54) is 18.1 Å². The summed E-state index contributed by atoms with van der Waals surface area (Å²) >= 11 is 0. The van der Waals surface area contributed by atoms with Crippen LogP contribution in [0.25, 0.3) is 0 Å². The van der Waals surface area contributed by atoms with Gasteiger partial charge in [-0.1, -0.05) is 37.1 Å². The highest BCUT2D eigenvalue weighted by atomic mass is 16.6. The normalized spacial score (nSPS) is 24.6. The number of nitro groups is 1. The number of aliphatic hydroxyl groups excluding tert-OH is 1. The van der Waals surface area contributed by atoms with Crippen molar-refractivity contribution in [3.05, 3.63) is 69.3 Å². The number of anilines is 1. The Balaban J connectivity index is 1.40. The Kier molecular flexibility index (Phi) is 5.70. The molecule has 5 rings (SSSR count). The van der Waals surface area contributed by atoms with Gasteiger partial charge in [0.1, 0.15) is 0 Å². The van der Waals surface area contributed by atoms with E-state index >= 15 is 0 Å². The van der Waals surface area contributed by atoms with Crippen LogP contribution in [-0.2, 0) is 5.41 Å². The van der Waals surface area contributed by atoms with Gasteiger partial charge in [-0.2, -0.15) is 0 Å². The zero-order chi connectivity index (χ0) is 23.2. The average Bonchev–Trinajstić information content (AvgIpc) is 3.14. The number of aryl methyl sites for hydroxylation is 1. The van der Waals surface area contributed by atoms with E-state index in [1.807, 2.05) is 23.1 Å². The fraction of sp³-hybridized carbons (Fsp3) is 0.500. The van der Waals surface area contributed by atoms with Gasteiger partial charge < -0.3 is 10.0 Å². The first-order valence-corrected chi connectivity index (χ1v) is 12.0. The van der Waals surface area contributed by atoms with Gasteiger partial charge in [-0.05, 0) is 63.4 Å². The molecule has 2 atom stereocenters. The minimum atomic E-state index is -0.430. The molecule has 2 aromatic carbocycles. The third-order valence-corrected chi connectivity index (χ3v) is 8.04. The average molecular weight is 450 g/mol. The molecule has 0 bridgehead atoms. The fourth-order valence-electron chi connectivity index (χ4n) is 6.14. The van der Waals surface area contributed by atoms with Gasteiger partial charge in [-0.15, -0.1) is 0 Å². The number of para-hydroxylation sites is 1. The van der Waals surface area contributed by atoms with E-state index in [0.717, 1.165) is 50.9 Å². The van der Waals surface area contributed by atoms with Crippen LogP contribution in [0.3, 0.4) is 0 Å². The Hall–Kier alpha value is -2.77. The lowest BCUT2D eigenvalue weighted by Gasteiger charge is -2.45. The zero-order valence-corrected chi connectivity index (χ0v) is 19.1. The number of benzene rings is 2. The number of hydrogen-bond donors (Lipinski definition) is 1. The molecule has 0 radical (unpaired) electrons. The van der Waals surface area contributed by atoms with Crippen LogP contribution in [0.5, 0.6) is 0 Å². The van der Waals surface area contributed by atoms with Crippen LogP contribution in [0, 0.1) is 17.0 Å². The molecule has 2 aromatic rings. The summed E-state index contributed by atoms with van der Waals surface area (Å²) in [7, 11) is 0. The lowest BCUT2D eigenvalue weighted by molar-refractivity contribution is -0.385. The first kappa shape index (κ1) is 22.0. The molecule has 174 valence electrons. The minimum Gasteiger partial charge on any atom is -0.391 e. The Morgan fingerprint density at radius 3 is 2.58 bits per heavy atom. The molecule has 1 N–H and O–H groups in total. The molecule has 1 saturated carbocycles. The van der Waals surface area contributed by atoms with Crippen LogP contribution in [0.15, 0.2) is 42.5 Å². The van der Waals surface area contributed by atoms with E-state index in [4.69, 9.17) is 0 Å². The minimum absolute atomic E-state index is 0.0256. The van der Waals surface area contributed by atoms with Crippen LogP contribution in [0.1, 0.15) is 60.0 Å². The quantitative estimate of drug-likeness (QED) is 0.561. The standard InChI is InChI=1S/C26H31N3O4/c1-18-10-11-19(16-23(18)29(32)33)25(31)28-17-26(20-6-2-3-7-21(20)28)12-14-27(15-13-26)22-8-4-5-9-24(22)30/h2-3,6-7,10-11,16,22,24,30H,4-5,8-9,12-15,17H2,1H3/t22-,24+/m0/s1. The number of nitrogens with zero attached hydrogens (tertiary/aromatic N) is 3. The SMILES string of the molecule is Cc1ccc(C(=O)N2CC3(CCN([C@H]4CCCC[C@H]4O)CC3)c3ccccc32)cc1[N+](=O)[O-]. The van der Waals surface area contributed by atoms with Crippen molar-refractivity contribution < 1.29 is 14.8 Å². The summed E-state index contributed by atoms with van der Waals surface area (Å²) < 4.78 is 0. The summed E-state index contributed by atoms with van der Waals surface area (Å²) in [6.45, 7) is 4.10. The second-order valence-corrected chi connectivity index (χ2v) is 9.90. The number of carbonyl (C=O) groups excluding carboxylic acids is 1. The molecule has 2 fully saturated rings. The van der Waals surface area contributed by atoms with E-state index in [1.54, 1.807) is 19.1 Å². The van der Waals surface area contributed by atoms with Crippen molar-refractivity contribution in [2.24, 2.45) is 0 Å². The van der Waals surface area contributed by atoms with Crippen LogP contribution in [-0.4, -0.2) is 52.6 Å². The van der Waals surface area contributed by atoms with E-state index < -0.39 is 4.92 Å². The highest BCUT2D eigenvalue weighted by Crippen LogP contribution is 2.48. The van der Waals surface area contributed by atoms with E-state index in [9.17, 15) is 20.0 Å². The van der Waals surface area contributed by atoms with Crippen molar-refractivity contribution in [3.8, 4) is 0 Å². The molecule has 1 amide bonds. The lowest BCUT2D eigenvalue weighted by Crippen LogP contribution is -2.53. The molecule has 1 aliphatic carbocycles. The molecular formula is C26H31N3O4. The third-order valence-electron chi connectivity index (χ3n) is 8.04. The maximum atomic E-state index is 13.5.